The topological polar surface area (TPSA) is 87.6 Å². The van der Waals surface area contributed by atoms with Crippen LogP contribution in [0.5, 0.6) is 0 Å². The molecule has 0 saturated heterocycles. The first-order valence-electron chi connectivity index (χ1n) is 7.93. The van der Waals surface area contributed by atoms with E-state index in [0.29, 0.717) is 17.9 Å². The third kappa shape index (κ3) is 3.71. The van der Waals surface area contributed by atoms with Crippen molar-refractivity contribution in [3.8, 4) is 0 Å². The van der Waals surface area contributed by atoms with Crippen molar-refractivity contribution in [3.63, 3.8) is 0 Å². The normalized spacial score (nSPS) is 16.5. The van der Waals surface area contributed by atoms with Crippen LogP contribution >= 0.6 is 0 Å². The molecule has 3 rings (SSSR count). The molecule has 25 heavy (non-hydrogen) atoms. The van der Waals surface area contributed by atoms with Gasteiger partial charge in [0, 0.05) is 17.2 Å². The van der Waals surface area contributed by atoms with Gasteiger partial charge in [-0.1, -0.05) is 38.1 Å². The maximum atomic E-state index is 12.0. The lowest BCUT2D eigenvalue weighted by atomic mass is 10.1. The Morgan fingerprint density at radius 2 is 1.80 bits per heavy atom. The minimum atomic E-state index is -3.52. The van der Waals surface area contributed by atoms with Gasteiger partial charge in [-0.05, 0) is 29.8 Å². The van der Waals surface area contributed by atoms with E-state index in [4.69, 9.17) is 0 Å². The summed E-state index contributed by atoms with van der Waals surface area (Å²) in [6.45, 7) is 4.01. The minimum absolute atomic E-state index is 0.0371. The number of aliphatic imine (C=N–C) groups is 1. The van der Waals surface area contributed by atoms with E-state index < -0.39 is 10.0 Å². The standard InChI is InChI=1S/C18H19N3O3S/c1-12(2)18(22)20-14-9-7-13(8-10-14)11-19-17-15-5-3-4-6-16(15)25(23,24)21-17/h3-10,12H,11H2,1-2H3,(H,19,21)(H,20,22). The largest absolute Gasteiger partial charge is 0.326 e. The molecule has 0 aromatic heterocycles. The van der Waals surface area contributed by atoms with Crippen LogP contribution in [0.1, 0.15) is 25.0 Å². The Kier molecular flexibility index (Phi) is 4.59. The van der Waals surface area contributed by atoms with Crippen molar-refractivity contribution in [1.29, 1.82) is 0 Å². The molecular weight excluding hydrogens is 338 g/mol. The summed E-state index contributed by atoms with van der Waals surface area (Å²) in [4.78, 5) is 16.3. The number of carbonyl (C=O) groups excluding carboxylic acids is 1. The van der Waals surface area contributed by atoms with Crippen LogP contribution in [0.3, 0.4) is 0 Å². The zero-order valence-electron chi connectivity index (χ0n) is 14.0. The molecule has 0 spiro atoms. The smallest absolute Gasteiger partial charge is 0.263 e. The highest BCUT2D eigenvalue weighted by Crippen LogP contribution is 2.22. The number of carbonyl (C=O) groups is 1. The highest BCUT2D eigenvalue weighted by atomic mass is 32.2. The Morgan fingerprint density at radius 1 is 1.12 bits per heavy atom. The number of fused-ring (bicyclic) bond motifs is 1. The van der Waals surface area contributed by atoms with Crippen LogP contribution in [0.15, 0.2) is 58.4 Å². The molecule has 130 valence electrons. The van der Waals surface area contributed by atoms with Crippen molar-refractivity contribution in [2.45, 2.75) is 25.3 Å². The molecule has 1 aliphatic heterocycles. The maximum Gasteiger partial charge on any atom is 0.263 e. The Morgan fingerprint density at radius 3 is 2.48 bits per heavy atom. The van der Waals surface area contributed by atoms with E-state index in [9.17, 15) is 13.2 Å². The lowest BCUT2D eigenvalue weighted by molar-refractivity contribution is -0.118. The van der Waals surface area contributed by atoms with Gasteiger partial charge >= 0.3 is 0 Å². The Balaban J connectivity index is 1.74. The quantitative estimate of drug-likeness (QED) is 0.881. The first-order valence-corrected chi connectivity index (χ1v) is 9.41. The molecule has 0 saturated carbocycles. The minimum Gasteiger partial charge on any atom is -0.326 e. The summed E-state index contributed by atoms with van der Waals surface area (Å²) in [5.41, 5.74) is 2.23. The van der Waals surface area contributed by atoms with E-state index in [1.807, 2.05) is 38.1 Å². The zero-order chi connectivity index (χ0) is 18.0. The number of amides is 1. The van der Waals surface area contributed by atoms with Gasteiger partial charge in [-0.15, -0.1) is 0 Å². The monoisotopic (exact) mass is 357 g/mol. The van der Waals surface area contributed by atoms with E-state index >= 15 is 0 Å². The molecule has 2 N–H and O–H groups in total. The van der Waals surface area contributed by atoms with Crippen LogP contribution in [0.4, 0.5) is 5.69 Å². The number of rotatable bonds is 4. The van der Waals surface area contributed by atoms with E-state index in [-0.39, 0.29) is 16.7 Å². The van der Waals surface area contributed by atoms with Crippen LogP contribution < -0.4 is 10.0 Å². The summed E-state index contributed by atoms with van der Waals surface area (Å²) in [7, 11) is -3.52. The van der Waals surface area contributed by atoms with Gasteiger partial charge in [0.1, 0.15) is 5.84 Å². The molecule has 0 bridgehead atoms. The van der Waals surface area contributed by atoms with Crippen molar-refractivity contribution in [1.82, 2.24) is 4.72 Å². The second kappa shape index (κ2) is 6.68. The first-order chi connectivity index (χ1) is 11.9. The van der Waals surface area contributed by atoms with Crippen LogP contribution in [-0.4, -0.2) is 20.2 Å². The van der Waals surface area contributed by atoms with E-state index in [1.165, 1.54) is 0 Å². The van der Waals surface area contributed by atoms with Crippen molar-refractivity contribution >= 4 is 27.5 Å². The second-order valence-corrected chi connectivity index (χ2v) is 7.76. The number of hydrogen-bond acceptors (Lipinski definition) is 4. The Hall–Kier alpha value is -2.67. The lowest BCUT2D eigenvalue weighted by Gasteiger charge is -2.08. The zero-order valence-corrected chi connectivity index (χ0v) is 14.8. The number of sulfonamides is 1. The molecule has 0 radical (unpaired) electrons. The molecule has 2 aromatic carbocycles. The fourth-order valence-corrected chi connectivity index (χ4v) is 3.65. The third-order valence-electron chi connectivity index (χ3n) is 3.83. The average molecular weight is 357 g/mol. The van der Waals surface area contributed by atoms with E-state index in [2.05, 4.69) is 15.0 Å². The number of benzene rings is 2. The summed E-state index contributed by atoms with van der Waals surface area (Å²) in [6, 6.07) is 14.1. The highest BCUT2D eigenvalue weighted by Gasteiger charge is 2.29. The molecule has 0 unspecified atom stereocenters. The summed E-state index contributed by atoms with van der Waals surface area (Å²) in [5, 5.41) is 2.82. The fourth-order valence-electron chi connectivity index (χ4n) is 2.40. The molecule has 1 heterocycles. The SMILES string of the molecule is CC(C)C(=O)Nc1ccc(CN=C2NS(=O)(=O)c3ccccc32)cc1. The number of nitrogens with one attached hydrogen (secondary N) is 2. The van der Waals surface area contributed by atoms with Crippen molar-refractivity contribution in [2.24, 2.45) is 10.9 Å². The summed E-state index contributed by atoms with van der Waals surface area (Å²) in [5.74, 6) is 0.235. The Bertz CT molecular complexity index is 932. The van der Waals surface area contributed by atoms with Gasteiger partial charge in [0.25, 0.3) is 10.0 Å². The molecule has 6 nitrogen and oxygen atoms in total. The van der Waals surface area contributed by atoms with Crippen molar-refractivity contribution < 1.29 is 13.2 Å². The van der Waals surface area contributed by atoms with Crippen LogP contribution in [-0.2, 0) is 21.4 Å². The third-order valence-corrected chi connectivity index (χ3v) is 5.23. The molecule has 0 fully saturated rings. The molecule has 2 aromatic rings. The summed E-state index contributed by atoms with van der Waals surface area (Å²) >= 11 is 0. The first kappa shape index (κ1) is 17.2. The van der Waals surface area contributed by atoms with Crippen LogP contribution in [0, 0.1) is 5.92 Å². The van der Waals surface area contributed by atoms with Crippen molar-refractivity contribution in [2.75, 3.05) is 5.32 Å². The van der Waals surface area contributed by atoms with Gasteiger partial charge in [-0.3, -0.25) is 14.5 Å². The number of hydrogen-bond donors (Lipinski definition) is 2. The van der Waals surface area contributed by atoms with Gasteiger partial charge in [0.05, 0.1) is 11.4 Å². The lowest BCUT2D eigenvalue weighted by Crippen LogP contribution is -2.22. The average Bonchev–Trinajstić information content (AvgIpc) is 2.85. The second-order valence-electron chi connectivity index (χ2n) is 6.11. The van der Waals surface area contributed by atoms with Crippen molar-refractivity contribution in [3.05, 3.63) is 59.7 Å². The van der Waals surface area contributed by atoms with Gasteiger partial charge in [0.15, 0.2) is 0 Å². The van der Waals surface area contributed by atoms with Gasteiger partial charge < -0.3 is 5.32 Å². The van der Waals surface area contributed by atoms with Gasteiger partial charge in [-0.25, -0.2) is 8.42 Å². The highest BCUT2D eigenvalue weighted by molar-refractivity contribution is 7.90. The predicted octanol–water partition coefficient (Wildman–Crippen LogP) is 2.52. The molecule has 0 atom stereocenters. The maximum absolute atomic E-state index is 12.0. The van der Waals surface area contributed by atoms with E-state index in [0.717, 1.165) is 11.3 Å². The molecule has 7 heteroatoms. The summed E-state index contributed by atoms with van der Waals surface area (Å²) in [6.07, 6.45) is 0. The molecular formula is C18H19N3O3S. The molecule has 1 amide bonds. The Labute approximate surface area is 147 Å². The van der Waals surface area contributed by atoms with Gasteiger partial charge in [0.2, 0.25) is 5.91 Å². The van der Waals surface area contributed by atoms with Crippen LogP contribution in [0.25, 0.3) is 0 Å². The fraction of sp³-hybridized carbons (Fsp3) is 0.222. The number of anilines is 1. The summed E-state index contributed by atoms with van der Waals surface area (Å²) < 4.78 is 26.6. The molecule has 0 aliphatic carbocycles. The van der Waals surface area contributed by atoms with Crippen LogP contribution in [0.2, 0.25) is 0 Å². The molecule has 1 aliphatic rings. The number of nitrogens with zero attached hydrogens (tertiary/aromatic N) is 1. The number of amidine groups is 1. The van der Waals surface area contributed by atoms with Gasteiger partial charge in [-0.2, -0.15) is 0 Å². The predicted molar refractivity (Wildman–Crippen MR) is 96.9 cm³/mol. The van der Waals surface area contributed by atoms with E-state index in [1.54, 1.807) is 24.3 Å².